The van der Waals surface area contributed by atoms with Gasteiger partial charge in [-0.1, -0.05) is 6.07 Å². The van der Waals surface area contributed by atoms with Crippen molar-refractivity contribution in [2.24, 2.45) is 5.84 Å². The van der Waals surface area contributed by atoms with E-state index in [1.807, 2.05) is 18.2 Å². The van der Waals surface area contributed by atoms with Crippen LogP contribution in [0.2, 0.25) is 0 Å². The fourth-order valence-corrected chi connectivity index (χ4v) is 3.17. The molecule has 17 heavy (non-hydrogen) atoms. The van der Waals surface area contributed by atoms with E-state index in [2.05, 4.69) is 15.3 Å². The number of hydrogen-bond acceptors (Lipinski definition) is 5. The highest BCUT2D eigenvalue weighted by atomic mass is 16.3. The lowest BCUT2D eigenvalue weighted by atomic mass is 10.00. The molecule has 92 valence electrons. The zero-order valence-corrected chi connectivity index (χ0v) is 9.71. The summed E-state index contributed by atoms with van der Waals surface area (Å²) < 4.78 is 0. The maximum atomic E-state index is 9.78. The number of pyridine rings is 1. The Morgan fingerprint density at radius 1 is 1.29 bits per heavy atom. The summed E-state index contributed by atoms with van der Waals surface area (Å²) in [6, 6.07) is 6.70. The Morgan fingerprint density at radius 3 is 2.65 bits per heavy atom. The predicted octanol–water partition coefficient (Wildman–Crippen LogP) is 0.859. The van der Waals surface area contributed by atoms with Gasteiger partial charge in [0.1, 0.15) is 11.6 Å². The van der Waals surface area contributed by atoms with Crippen molar-refractivity contribution >= 4 is 11.6 Å². The third-order valence-electron chi connectivity index (χ3n) is 3.86. The fourth-order valence-electron chi connectivity index (χ4n) is 3.17. The van der Waals surface area contributed by atoms with E-state index in [1.54, 1.807) is 0 Å². The molecule has 2 fully saturated rings. The van der Waals surface area contributed by atoms with Crippen molar-refractivity contribution in [3.8, 4) is 0 Å². The molecule has 4 N–H and O–H groups in total. The van der Waals surface area contributed by atoms with E-state index < -0.39 is 0 Å². The van der Waals surface area contributed by atoms with Crippen LogP contribution in [0, 0.1) is 0 Å². The molecule has 0 saturated carbocycles. The van der Waals surface area contributed by atoms with Crippen LogP contribution in [-0.2, 0) is 0 Å². The van der Waals surface area contributed by atoms with Crippen LogP contribution in [0.1, 0.15) is 25.7 Å². The van der Waals surface area contributed by atoms with Crippen LogP contribution in [0.4, 0.5) is 11.6 Å². The molecule has 3 rings (SSSR count). The lowest BCUT2D eigenvalue weighted by molar-refractivity contribution is 0.126. The van der Waals surface area contributed by atoms with Gasteiger partial charge in [0.2, 0.25) is 0 Å². The Hall–Kier alpha value is -1.33. The van der Waals surface area contributed by atoms with Crippen molar-refractivity contribution in [3.05, 3.63) is 18.2 Å². The number of hydrazine groups is 1. The van der Waals surface area contributed by atoms with E-state index in [4.69, 9.17) is 5.84 Å². The standard InChI is InChI=1S/C12H18N4O/c13-15-11-2-1-3-12(14-11)16-8-4-5-9(16)7-10(17)6-8/h1-3,8-10,17H,4-7,13H2,(H,14,15). The molecule has 0 spiro atoms. The van der Waals surface area contributed by atoms with Gasteiger partial charge in [-0.3, -0.25) is 0 Å². The second-order valence-corrected chi connectivity index (χ2v) is 4.94. The SMILES string of the molecule is NNc1cccc(N2C3CCC2CC(O)C3)n1. The first-order valence-electron chi connectivity index (χ1n) is 6.18. The van der Waals surface area contributed by atoms with Crippen LogP contribution in [-0.4, -0.2) is 28.3 Å². The summed E-state index contributed by atoms with van der Waals surface area (Å²) in [6.45, 7) is 0. The first-order valence-corrected chi connectivity index (χ1v) is 6.18. The fraction of sp³-hybridized carbons (Fsp3) is 0.583. The minimum atomic E-state index is -0.139. The number of aliphatic hydroxyl groups is 1. The lowest BCUT2D eigenvalue weighted by Crippen LogP contribution is -2.45. The third-order valence-corrected chi connectivity index (χ3v) is 3.86. The van der Waals surface area contributed by atoms with Crippen molar-refractivity contribution in [1.29, 1.82) is 0 Å². The smallest absolute Gasteiger partial charge is 0.142 e. The normalized spacial score (nSPS) is 31.6. The van der Waals surface area contributed by atoms with E-state index in [1.165, 1.54) is 0 Å². The molecular weight excluding hydrogens is 216 g/mol. The van der Waals surface area contributed by atoms with E-state index >= 15 is 0 Å². The number of piperidine rings is 1. The molecule has 3 heterocycles. The second-order valence-electron chi connectivity index (χ2n) is 4.94. The van der Waals surface area contributed by atoms with Crippen molar-refractivity contribution in [1.82, 2.24) is 4.98 Å². The van der Waals surface area contributed by atoms with Crippen molar-refractivity contribution in [2.75, 3.05) is 10.3 Å². The Bertz CT molecular complexity index is 397. The van der Waals surface area contributed by atoms with E-state index in [0.717, 1.165) is 31.5 Å². The number of nitrogens with one attached hydrogen (secondary N) is 1. The number of hydrogen-bond donors (Lipinski definition) is 3. The van der Waals surface area contributed by atoms with Gasteiger partial charge in [0.25, 0.3) is 0 Å². The van der Waals surface area contributed by atoms with Gasteiger partial charge in [0.05, 0.1) is 6.10 Å². The van der Waals surface area contributed by atoms with Crippen LogP contribution < -0.4 is 16.2 Å². The highest BCUT2D eigenvalue weighted by molar-refractivity contribution is 5.49. The predicted molar refractivity (Wildman–Crippen MR) is 66.6 cm³/mol. The van der Waals surface area contributed by atoms with Gasteiger partial charge in [-0.2, -0.15) is 0 Å². The van der Waals surface area contributed by atoms with Crippen LogP contribution in [0.25, 0.3) is 0 Å². The number of nitrogen functional groups attached to an aromatic ring is 1. The van der Waals surface area contributed by atoms with E-state index in [-0.39, 0.29) is 6.10 Å². The topological polar surface area (TPSA) is 74.4 Å². The van der Waals surface area contributed by atoms with Gasteiger partial charge in [0, 0.05) is 12.1 Å². The molecule has 2 saturated heterocycles. The number of nitrogens with two attached hydrogens (primary N) is 1. The number of rotatable bonds is 2. The Kier molecular flexibility index (Phi) is 2.64. The van der Waals surface area contributed by atoms with Crippen LogP contribution in [0.15, 0.2) is 18.2 Å². The molecule has 2 unspecified atom stereocenters. The monoisotopic (exact) mass is 234 g/mol. The molecule has 1 aromatic heterocycles. The number of aliphatic hydroxyl groups excluding tert-OH is 1. The van der Waals surface area contributed by atoms with E-state index in [9.17, 15) is 5.11 Å². The van der Waals surface area contributed by atoms with E-state index in [0.29, 0.717) is 17.9 Å². The minimum Gasteiger partial charge on any atom is -0.393 e. The van der Waals surface area contributed by atoms with Crippen molar-refractivity contribution in [3.63, 3.8) is 0 Å². The summed E-state index contributed by atoms with van der Waals surface area (Å²) in [6.07, 6.45) is 3.89. The summed E-state index contributed by atoms with van der Waals surface area (Å²) in [5.41, 5.74) is 2.58. The maximum Gasteiger partial charge on any atom is 0.142 e. The average Bonchev–Trinajstić information content (AvgIpc) is 2.62. The molecule has 2 atom stereocenters. The third kappa shape index (κ3) is 1.85. The molecule has 0 amide bonds. The van der Waals surface area contributed by atoms with Gasteiger partial charge in [-0.05, 0) is 37.8 Å². The summed E-state index contributed by atoms with van der Waals surface area (Å²) in [5.74, 6) is 7.04. The largest absolute Gasteiger partial charge is 0.393 e. The average molecular weight is 234 g/mol. The zero-order valence-electron chi connectivity index (χ0n) is 9.71. The molecule has 1 aromatic rings. The number of fused-ring (bicyclic) bond motifs is 2. The molecule has 2 aliphatic heterocycles. The molecule has 0 aliphatic carbocycles. The molecular formula is C12H18N4O. The summed E-state index contributed by atoms with van der Waals surface area (Å²) >= 11 is 0. The molecule has 0 radical (unpaired) electrons. The van der Waals surface area contributed by atoms with Gasteiger partial charge in [-0.25, -0.2) is 10.8 Å². The van der Waals surface area contributed by atoms with Crippen molar-refractivity contribution < 1.29 is 5.11 Å². The quantitative estimate of drug-likeness (QED) is 0.523. The van der Waals surface area contributed by atoms with Gasteiger partial charge in [0.15, 0.2) is 0 Å². The number of aromatic nitrogens is 1. The Balaban J connectivity index is 1.89. The summed E-state index contributed by atoms with van der Waals surface area (Å²) in [7, 11) is 0. The summed E-state index contributed by atoms with van der Waals surface area (Å²) in [5, 5.41) is 9.78. The van der Waals surface area contributed by atoms with Gasteiger partial charge < -0.3 is 15.4 Å². The second kappa shape index (κ2) is 4.16. The van der Waals surface area contributed by atoms with Gasteiger partial charge >= 0.3 is 0 Å². The minimum absolute atomic E-state index is 0.139. The molecule has 2 bridgehead atoms. The van der Waals surface area contributed by atoms with Crippen molar-refractivity contribution in [2.45, 2.75) is 43.9 Å². The highest BCUT2D eigenvalue weighted by Gasteiger charge is 2.40. The lowest BCUT2D eigenvalue weighted by Gasteiger charge is -2.38. The zero-order chi connectivity index (χ0) is 11.8. The van der Waals surface area contributed by atoms with Crippen LogP contribution in [0.3, 0.4) is 0 Å². The maximum absolute atomic E-state index is 9.78. The number of nitrogens with zero attached hydrogens (tertiary/aromatic N) is 2. The van der Waals surface area contributed by atoms with Crippen LogP contribution in [0.5, 0.6) is 0 Å². The Morgan fingerprint density at radius 2 is 2.00 bits per heavy atom. The highest BCUT2D eigenvalue weighted by Crippen LogP contribution is 2.38. The Labute approximate surface area is 101 Å². The number of anilines is 2. The molecule has 2 aliphatic rings. The molecule has 5 nitrogen and oxygen atoms in total. The molecule has 5 heteroatoms. The summed E-state index contributed by atoms with van der Waals surface area (Å²) in [4.78, 5) is 6.84. The first-order chi connectivity index (χ1) is 8.28. The van der Waals surface area contributed by atoms with Crippen LogP contribution >= 0.6 is 0 Å². The van der Waals surface area contributed by atoms with Gasteiger partial charge in [-0.15, -0.1) is 0 Å². The first kappa shape index (κ1) is 10.8. The molecule has 0 aromatic carbocycles.